The van der Waals surface area contributed by atoms with Crippen molar-refractivity contribution in [2.24, 2.45) is 5.73 Å². The first-order chi connectivity index (χ1) is 14.9. The monoisotopic (exact) mass is 420 g/mol. The van der Waals surface area contributed by atoms with Crippen LogP contribution < -0.4 is 20.5 Å². The largest absolute Gasteiger partial charge is 0.493 e. The average Bonchev–Trinajstić information content (AvgIpc) is 3.14. The first-order valence-corrected chi connectivity index (χ1v) is 9.91. The fourth-order valence-electron chi connectivity index (χ4n) is 3.95. The van der Waals surface area contributed by atoms with Gasteiger partial charge in [-0.15, -0.1) is 0 Å². The summed E-state index contributed by atoms with van der Waals surface area (Å²) < 4.78 is 12.6. The molecule has 4 rings (SSSR count). The molecule has 0 fully saturated rings. The normalized spacial score (nSPS) is 15.2. The Balaban J connectivity index is 1.73. The number of aryl methyl sites for hydroxylation is 2. The van der Waals surface area contributed by atoms with E-state index in [1.807, 2.05) is 38.1 Å². The second-order valence-electron chi connectivity index (χ2n) is 7.68. The van der Waals surface area contributed by atoms with Crippen molar-refractivity contribution in [1.29, 1.82) is 0 Å². The maximum Gasteiger partial charge on any atom is 0.255 e. The highest BCUT2D eigenvalue weighted by Crippen LogP contribution is 2.40. The topological polar surface area (TPSA) is 108 Å². The number of hydrogen-bond donors (Lipinski definition) is 2. The Kier molecular flexibility index (Phi) is 5.37. The molecule has 3 aromatic rings. The summed E-state index contributed by atoms with van der Waals surface area (Å²) in [7, 11) is 1.52. The minimum atomic E-state index is -0.571. The van der Waals surface area contributed by atoms with E-state index in [4.69, 9.17) is 15.2 Å². The third-order valence-electron chi connectivity index (χ3n) is 5.23. The zero-order valence-corrected chi connectivity index (χ0v) is 17.6. The molecule has 0 saturated heterocycles. The number of hydrogen-bond acceptors (Lipinski definition) is 5. The van der Waals surface area contributed by atoms with Gasteiger partial charge in [-0.05, 0) is 54.8 Å². The summed E-state index contributed by atoms with van der Waals surface area (Å²) in [6.45, 7) is 3.82. The third-order valence-corrected chi connectivity index (χ3v) is 5.23. The minimum absolute atomic E-state index is 0.0864. The molecule has 8 nitrogen and oxygen atoms in total. The number of nitrogens with one attached hydrogen (secondary N) is 1. The van der Waals surface area contributed by atoms with Gasteiger partial charge in [0, 0.05) is 17.9 Å². The van der Waals surface area contributed by atoms with Gasteiger partial charge in [0.25, 0.3) is 5.91 Å². The van der Waals surface area contributed by atoms with E-state index >= 15 is 0 Å². The molecule has 31 heavy (non-hydrogen) atoms. The van der Waals surface area contributed by atoms with E-state index in [9.17, 15) is 9.59 Å². The lowest BCUT2D eigenvalue weighted by molar-refractivity contribution is -0.120. The SMILES string of the molecule is COc1cc(C2CC(=O)Nc3c2cnn3-c2cc(C)cc(C)c2)ccc1OCC(N)=O. The molecular formula is C23H24N4O4. The molecule has 0 spiro atoms. The molecule has 8 heteroatoms. The molecule has 0 aliphatic carbocycles. The van der Waals surface area contributed by atoms with E-state index in [2.05, 4.69) is 16.5 Å². The molecule has 1 atom stereocenters. The van der Waals surface area contributed by atoms with Crippen molar-refractivity contribution in [3.8, 4) is 17.2 Å². The van der Waals surface area contributed by atoms with Gasteiger partial charge in [0.05, 0.1) is 19.0 Å². The van der Waals surface area contributed by atoms with Gasteiger partial charge < -0.3 is 20.5 Å². The van der Waals surface area contributed by atoms with Crippen LogP contribution >= 0.6 is 0 Å². The number of ether oxygens (including phenoxy) is 2. The first kappa shape index (κ1) is 20.5. The van der Waals surface area contributed by atoms with Gasteiger partial charge >= 0.3 is 0 Å². The Hall–Kier alpha value is -3.81. The number of primary amides is 1. The Morgan fingerprint density at radius 1 is 1.19 bits per heavy atom. The van der Waals surface area contributed by atoms with Gasteiger partial charge in [-0.1, -0.05) is 12.1 Å². The van der Waals surface area contributed by atoms with Crippen LogP contribution in [0.15, 0.2) is 42.6 Å². The van der Waals surface area contributed by atoms with Crippen LogP contribution in [-0.4, -0.2) is 35.3 Å². The predicted octanol–water partition coefficient (Wildman–Crippen LogP) is 2.84. The number of methoxy groups -OCH3 is 1. The summed E-state index contributed by atoms with van der Waals surface area (Å²) in [5.41, 5.74) is 10.1. The van der Waals surface area contributed by atoms with Crippen molar-refractivity contribution in [2.45, 2.75) is 26.2 Å². The van der Waals surface area contributed by atoms with Gasteiger partial charge in [-0.2, -0.15) is 5.10 Å². The summed E-state index contributed by atoms with van der Waals surface area (Å²) in [4.78, 5) is 23.6. The highest BCUT2D eigenvalue weighted by Gasteiger charge is 2.31. The number of rotatable bonds is 6. The quantitative estimate of drug-likeness (QED) is 0.637. The molecule has 0 bridgehead atoms. The maximum atomic E-state index is 12.6. The van der Waals surface area contributed by atoms with Crippen LogP contribution in [0.1, 0.15) is 34.6 Å². The minimum Gasteiger partial charge on any atom is -0.493 e. The summed E-state index contributed by atoms with van der Waals surface area (Å²) in [6.07, 6.45) is 2.08. The Morgan fingerprint density at radius 2 is 1.94 bits per heavy atom. The van der Waals surface area contributed by atoms with Gasteiger partial charge in [0.15, 0.2) is 18.1 Å². The van der Waals surface area contributed by atoms with E-state index in [1.54, 1.807) is 16.9 Å². The highest BCUT2D eigenvalue weighted by atomic mass is 16.5. The zero-order chi connectivity index (χ0) is 22.1. The zero-order valence-electron chi connectivity index (χ0n) is 17.6. The number of nitrogens with two attached hydrogens (primary N) is 1. The molecule has 1 aliphatic heterocycles. The molecule has 1 aliphatic rings. The maximum absolute atomic E-state index is 12.6. The molecule has 1 unspecified atom stereocenters. The molecule has 1 aromatic heterocycles. The molecule has 2 heterocycles. The number of carbonyl (C=O) groups excluding carboxylic acids is 2. The number of nitrogens with zero attached hydrogens (tertiary/aromatic N) is 2. The highest BCUT2D eigenvalue weighted by molar-refractivity contribution is 5.94. The van der Waals surface area contributed by atoms with Crippen molar-refractivity contribution in [2.75, 3.05) is 19.0 Å². The molecule has 0 radical (unpaired) electrons. The van der Waals surface area contributed by atoms with E-state index in [0.717, 1.165) is 27.9 Å². The molecule has 2 amide bonds. The fraction of sp³-hybridized carbons (Fsp3) is 0.261. The van der Waals surface area contributed by atoms with Crippen LogP contribution in [0, 0.1) is 13.8 Å². The van der Waals surface area contributed by atoms with E-state index in [0.29, 0.717) is 17.3 Å². The smallest absolute Gasteiger partial charge is 0.255 e. The summed E-state index contributed by atoms with van der Waals surface area (Å²) in [5.74, 6) is 0.696. The standard InChI is InChI=1S/C23H24N4O4/c1-13-6-14(2)8-16(7-13)27-23-18(11-25-27)17(10-22(29)26-23)15-4-5-19(20(9-15)30-3)31-12-21(24)28/h4-9,11,17H,10,12H2,1-3H3,(H2,24,28)(H,26,29). The van der Waals surface area contributed by atoms with Crippen molar-refractivity contribution in [1.82, 2.24) is 9.78 Å². The van der Waals surface area contributed by atoms with Gasteiger partial charge in [0.2, 0.25) is 5.91 Å². The molecule has 3 N–H and O–H groups in total. The molecule has 0 saturated carbocycles. The molecule has 160 valence electrons. The number of carbonyl (C=O) groups is 2. The van der Waals surface area contributed by atoms with Crippen LogP contribution in [0.5, 0.6) is 11.5 Å². The second-order valence-corrected chi connectivity index (χ2v) is 7.68. The summed E-state index contributed by atoms with van der Waals surface area (Å²) in [5, 5.41) is 7.54. The van der Waals surface area contributed by atoms with Gasteiger partial charge in [-0.25, -0.2) is 4.68 Å². The van der Waals surface area contributed by atoms with Crippen molar-refractivity contribution in [3.63, 3.8) is 0 Å². The Bertz CT molecular complexity index is 1150. The van der Waals surface area contributed by atoms with Crippen LogP contribution in [0.2, 0.25) is 0 Å². The van der Waals surface area contributed by atoms with E-state index < -0.39 is 5.91 Å². The van der Waals surface area contributed by atoms with Crippen LogP contribution in [-0.2, 0) is 9.59 Å². The Morgan fingerprint density at radius 3 is 2.61 bits per heavy atom. The second kappa shape index (κ2) is 8.14. The third kappa shape index (κ3) is 4.09. The number of amides is 2. The number of fused-ring (bicyclic) bond motifs is 1. The van der Waals surface area contributed by atoms with Crippen LogP contribution in [0.25, 0.3) is 5.69 Å². The van der Waals surface area contributed by atoms with Crippen LogP contribution in [0.4, 0.5) is 5.82 Å². The van der Waals surface area contributed by atoms with E-state index in [1.165, 1.54) is 7.11 Å². The summed E-state index contributed by atoms with van der Waals surface area (Å²) in [6, 6.07) is 11.6. The predicted molar refractivity (Wildman–Crippen MR) is 116 cm³/mol. The number of benzene rings is 2. The fourth-order valence-corrected chi connectivity index (χ4v) is 3.95. The van der Waals surface area contributed by atoms with Gasteiger partial charge in [0.1, 0.15) is 5.82 Å². The lowest BCUT2D eigenvalue weighted by atomic mass is 9.87. The molecular weight excluding hydrogens is 396 g/mol. The van der Waals surface area contributed by atoms with Crippen molar-refractivity contribution >= 4 is 17.6 Å². The average molecular weight is 420 g/mol. The lowest BCUT2D eigenvalue weighted by Crippen LogP contribution is -2.24. The van der Waals surface area contributed by atoms with Crippen LogP contribution in [0.3, 0.4) is 0 Å². The van der Waals surface area contributed by atoms with E-state index in [-0.39, 0.29) is 24.9 Å². The van der Waals surface area contributed by atoms with Crippen molar-refractivity contribution in [3.05, 3.63) is 64.8 Å². The molecule has 2 aromatic carbocycles. The number of anilines is 1. The van der Waals surface area contributed by atoms with Crippen molar-refractivity contribution < 1.29 is 19.1 Å². The summed E-state index contributed by atoms with van der Waals surface area (Å²) >= 11 is 0. The van der Waals surface area contributed by atoms with Gasteiger partial charge in [-0.3, -0.25) is 9.59 Å². The number of aromatic nitrogens is 2. The lowest BCUT2D eigenvalue weighted by Gasteiger charge is -2.24. The first-order valence-electron chi connectivity index (χ1n) is 9.91. The Labute approximate surface area is 180 Å².